The zero-order valence-electron chi connectivity index (χ0n) is 11.1. The van der Waals surface area contributed by atoms with Crippen LogP contribution >= 0.6 is 0 Å². The first-order valence-electron chi connectivity index (χ1n) is 6.27. The van der Waals surface area contributed by atoms with Crippen molar-refractivity contribution < 1.29 is 0 Å². The lowest BCUT2D eigenvalue weighted by atomic mass is 10.1. The van der Waals surface area contributed by atoms with E-state index in [1.807, 2.05) is 30.5 Å². The Labute approximate surface area is 104 Å². The third kappa shape index (κ3) is 4.19. The minimum absolute atomic E-state index is 0.131. The Balaban J connectivity index is 2.57. The lowest BCUT2D eigenvalue weighted by Crippen LogP contribution is -2.24. The molecule has 0 spiro atoms. The Morgan fingerprint density at radius 1 is 1.29 bits per heavy atom. The van der Waals surface area contributed by atoms with Gasteiger partial charge in [-0.25, -0.2) is 0 Å². The second kappa shape index (κ2) is 7.07. The number of hydrogen-bond donors (Lipinski definition) is 1. The highest BCUT2D eigenvalue weighted by molar-refractivity contribution is 5.61. The lowest BCUT2D eigenvalue weighted by molar-refractivity contribution is 0.349. The molecule has 0 aromatic heterocycles. The van der Waals surface area contributed by atoms with Gasteiger partial charge < -0.3 is 5.73 Å². The Kier molecular flexibility index (Phi) is 5.70. The summed E-state index contributed by atoms with van der Waals surface area (Å²) in [5, 5.41) is 0. The first-order chi connectivity index (χ1) is 8.19. The molecule has 1 atom stereocenters. The molecule has 1 unspecified atom stereocenters. The fourth-order valence-corrected chi connectivity index (χ4v) is 1.77. The summed E-state index contributed by atoms with van der Waals surface area (Å²) >= 11 is 0. The molecular weight excluding hydrogens is 210 g/mol. The molecule has 94 valence electrons. The number of nitrogens with zero attached hydrogens (tertiary/aromatic N) is 2. The van der Waals surface area contributed by atoms with Crippen molar-refractivity contribution in [2.45, 2.75) is 26.8 Å². The van der Waals surface area contributed by atoms with Crippen LogP contribution in [0.1, 0.15) is 32.4 Å². The van der Waals surface area contributed by atoms with Crippen molar-refractivity contribution in [1.82, 2.24) is 4.90 Å². The predicted octanol–water partition coefficient (Wildman–Crippen LogP) is 2.74. The van der Waals surface area contributed by atoms with E-state index in [2.05, 4.69) is 30.7 Å². The smallest absolute Gasteiger partial charge is 0.0737 e. The Morgan fingerprint density at radius 2 is 1.94 bits per heavy atom. The average molecular weight is 233 g/mol. The fourth-order valence-electron chi connectivity index (χ4n) is 1.77. The van der Waals surface area contributed by atoms with Crippen molar-refractivity contribution in [2.75, 3.05) is 25.4 Å². The van der Waals surface area contributed by atoms with Crippen molar-refractivity contribution in [2.24, 2.45) is 4.99 Å². The number of aliphatic imine (C=N–C) groups is 1. The lowest BCUT2D eigenvalue weighted by Gasteiger charge is -2.15. The highest BCUT2D eigenvalue weighted by atomic mass is 15.1. The number of benzene rings is 1. The molecule has 2 N–H and O–H groups in total. The summed E-state index contributed by atoms with van der Waals surface area (Å²) in [5.74, 6) is 0. The zero-order chi connectivity index (χ0) is 12.7. The molecule has 0 saturated heterocycles. The number of para-hydroxylation sites is 1. The van der Waals surface area contributed by atoms with E-state index in [-0.39, 0.29) is 6.04 Å². The highest BCUT2D eigenvalue weighted by Gasteiger charge is 2.05. The van der Waals surface area contributed by atoms with Crippen molar-refractivity contribution in [1.29, 1.82) is 0 Å². The Bertz CT molecular complexity index is 356. The number of rotatable bonds is 6. The average Bonchev–Trinajstić information content (AvgIpc) is 2.35. The maximum Gasteiger partial charge on any atom is 0.0737 e. The summed E-state index contributed by atoms with van der Waals surface area (Å²) in [6.45, 7) is 9.43. The largest absolute Gasteiger partial charge is 0.398 e. The second-order valence-corrected chi connectivity index (χ2v) is 4.12. The molecule has 0 aliphatic carbocycles. The van der Waals surface area contributed by atoms with E-state index in [1.54, 1.807) is 0 Å². The molecule has 0 radical (unpaired) electrons. The summed E-state index contributed by atoms with van der Waals surface area (Å²) in [4.78, 5) is 6.87. The van der Waals surface area contributed by atoms with Crippen molar-refractivity contribution >= 4 is 11.9 Å². The van der Waals surface area contributed by atoms with Gasteiger partial charge in [0.05, 0.1) is 6.04 Å². The van der Waals surface area contributed by atoms with Crippen molar-refractivity contribution in [3.8, 4) is 0 Å². The van der Waals surface area contributed by atoms with Crippen molar-refractivity contribution in [3.63, 3.8) is 0 Å². The molecule has 3 heteroatoms. The van der Waals surface area contributed by atoms with Gasteiger partial charge in [0, 0.05) is 18.4 Å². The summed E-state index contributed by atoms with van der Waals surface area (Å²) in [6, 6.07) is 8.04. The van der Waals surface area contributed by atoms with E-state index in [9.17, 15) is 0 Å². The van der Waals surface area contributed by atoms with E-state index < -0.39 is 0 Å². The Morgan fingerprint density at radius 3 is 2.53 bits per heavy atom. The molecule has 0 fully saturated rings. The van der Waals surface area contributed by atoms with Crippen LogP contribution in [-0.4, -0.2) is 30.7 Å². The quantitative estimate of drug-likeness (QED) is 0.606. The first-order valence-corrected chi connectivity index (χ1v) is 6.27. The van der Waals surface area contributed by atoms with E-state index in [1.165, 1.54) is 0 Å². The number of nitrogen functional groups attached to an aromatic ring is 1. The summed E-state index contributed by atoms with van der Waals surface area (Å²) < 4.78 is 0. The van der Waals surface area contributed by atoms with Gasteiger partial charge in [0.1, 0.15) is 0 Å². The number of hydrogen-bond acceptors (Lipinski definition) is 3. The summed E-state index contributed by atoms with van der Waals surface area (Å²) in [5.41, 5.74) is 7.84. The van der Waals surface area contributed by atoms with E-state index >= 15 is 0 Å². The summed E-state index contributed by atoms with van der Waals surface area (Å²) in [7, 11) is 0. The molecular formula is C14H23N3. The molecule has 17 heavy (non-hydrogen) atoms. The number of nitrogens with two attached hydrogens (primary N) is 1. The standard InChI is InChI=1S/C14H23N3/c1-4-17(5-2)11-10-16-12(3)13-8-6-7-9-14(13)15/h6-10,12H,4-5,11,15H2,1-3H3. The van der Waals surface area contributed by atoms with E-state index in [4.69, 9.17) is 5.73 Å². The predicted molar refractivity (Wildman–Crippen MR) is 75.5 cm³/mol. The third-order valence-corrected chi connectivity index (χ3v) is 3.01. The normalized spacial score (nSPS) is 13.4. The van der Waals surface area contributed by atoms with Crippen molar-refractivity contribution in [3.05, 3.63) is 29.8 Å². The van der Waals surface area contributed by atoms with Gasteiger partial charge >= 0.3 is 0 Å². The van der Waals surface area contributed by atoms with Crippen LogP contribution in [0.4, 0.5) is 5.69 Å². The molecule has 0 saturated carbocycles. The molecule has 1 aromatic rings. The van der Waals surface area contributed by atoms with Crippen LogP contribution in [-0.2, 0) is 0 Å². The maximum atomic E-state index is 5.92. The van der Waals surface area contributed by atoms with E-state index in [0.717, 1.165) is 30.9 Å². The molecule has 0 aliphatic rings. The topological polar surface area (TPSA) is 41.6 Å². The highest BCUT2D eigenvalue weighted by Crippen LogP contribution is 2.22. The molecule has 0 amide bonds. The maximum absolute atomic E-state index is 5.92. The second-order valence-electron chi connectivity index (χ2n) is 4.12. The number of anilines is 1. The van der Waals surface area contributed by atoms with Gasteiger partial charge in [-0.1, -0.05) is 32.0 Å². The van der Waals surface area contributed by atoms with Crippen LogP contribution in [0.15, 0.2) is 29.3 Å². The molecule has 1 aromatic carbocycles. The van der Waals surface area contributed by atoms with Gasteiger partial charge in [0.25, 0.3) is 0 Å². The van der Waals surface area contributed by atoms with Crippen LogP contribution in [0.5, 0.6) is 0 Å². The van der Waals surface area contributed by atoms with Crippen LogP contribution in [0.25, 0.3) is 0 Å². The van der Waals surface area contributed by atoms with Gasteiger partial charge in [-0.2, -0.15) is 0 Å². The monoisotopic (exact) mass is 233 g/mol. The van der Waals surface area contributed by atoms with Gasteiger partial charge in [-0.15, -0.1) is 0 Å². The van der Waals surface area contributed by atoms with Gasteiger partial charge in [0.2, 0.25) is 0 Å². The molecule has 0 aliphatic heterocycles. The van der Waals surface area contributed by atoms with Crippen LogP contribution in [0, 0.1) is 0 Å². The zero-order valence-corrected chi connectivity index (χ0v) is 11.1. The Hall–Kier alpha value is -1.35. The van der Waals surface area contributed by atoms with Crippen LogP contribution in [0.3, 0.4) is 0 Å². The van der Waals surface area contributed by atoms with Crippen LogP contribution < -0.4 is 5.73 Å². The van der Waals surface area contributed by atoms with Crippen LogP contribution in [0.2, 0.25) is 0 Å². The van der Waals surface area contributed by atoms with Gasteiger partial charge in [0.15, 0.2) is 0 Å². The SMILES string of the molecule is CCN(CC)CC=NC(C)c1ccccc1N. The third-order valence-electron chi connectivity index (χ3n) is 3.01. The minimum atomic E-state index is 0.131. The van der Waals surface area contributed by atoms with Gasteiger partial charge in [-0.05, 0) is 31.6 Å². The molecule has 3 nitrogen and oxygen atoms in total. The van der Waals surface area contributed by atoms with Gasteiger partial charge in [-0.3, -0.25) is 9.89 Å². The first kappa shape index (κ1) is 13.7. The molecule has 1 rings (SSSR count). The molecule has 0 heterocycles. The molecule has 0 bridgehead atoms. The fraction of sp³-hybridized carbons (Fsp3) is 0.500. The van der Waals surface area contributed by atoms with E-state index in [0.29, 0.717) is 0 Å². The summed E-state index contributed by atoms with van der Waals surface area (Å²) in [6.07, 6.45) is 1.99. The minimum Gasteiger partial charge on any atom is -0.398 e.